The fourth-order valence-electron chi connectivity index (χ4n) is 1.87. The minimum atomic E-state index is -1.14. The molecule has 0 aliphatic heterocycles. The molecule has 0 fully saturated rings. The molecule has 0 saturated heterocycles. The Morgan fingerprint density at radius 2 is 1.86 bits per heavy atom. The molecule has 2 N–H and O–H groups in total. The molecule has 1 aromatic heterocycles. The van der Waals surface area contributed by atoms with Gasteiger partial charge in [0.15, 0.2) is 11.7 Å². The lowest BCUT2D eigenvalue weighted by Crippen LogP contribution is -2.33. The molecule has 1 atom stereocenters. The van der Waals surface area contributed by atoms with Gasteiger partial charge in [0.25, 0.3) is 5.91 Å². The van der Waals surface area contributed by atoms with Crippen molar-refractivity contribution in [2.45, 2.75) is 32.2 Å². The summed E-state index contributed by atoms with van der Waals surface area (Å²) >= 11 is 0. The summed E-state index contributed by atoms with van der Waals surface area (Å²) in [4.78, 5) is 23.5. The van der Waals surface area contributed by atoms with E-state index >= 15 is 0 Å². The number of carboxylic acid groups (broad SMARTS) is 1. The first-order valence-electron chi connectivity index (χ1n) is 6.85. The van der Waals surface area contributed by atoms with E-state index in [2.05, 4.69) is 10.5 Å². The van der Waals surface area contributed by atoms with Gasteiger partial charge in [-0.1, -0.05) is 56.3 Å². The third-order valence-electron chi connectivity index (χ3n) is 3.14. The number of benzene rings is 1. The van der Waals surface area contributed by atoms with E-state index in [9.17, 15) is 14.7 Å². The van der Waals surface area contributed by atoms with Gasteiger partial charge in [0, 0.05) is 11.5 Å². The number of carbonyl (C=O) groups excluding carboxylic acids is 1. The van der Waals surface area contributed by atoms with Crippen molar-refractivity contribution in [3.05, 3.63) is 53.4 Å². The van der Waals surface area contributed by atoms with Gasteiger partial charge in [0.1, 0.15) is 5.76 Å². The van der Waals surface area contributed by atoms with Crippen LogP contribution in [0.25, 0.3) is 0 Å². The Bertz CT molecular complexity index is 671. The number of hydrogen-bond donors (Lipinski definition) is 2. The van der Waals surface area contributed by atoms with Crippen LogP contribution in [0.15, 0.2) is 40.9 Å². The summed E-state index contributed by atoms with van der Waals surface area (Å²) in [7, 11) is 0. The third kappa shape index (κ3) is 3.52. The van der Waals surface area contributed by atoms with Crippen LogP contribution >= 0.6 is 0 Å². The number of carbonyl (C=O) groups is 2. The molecule has 6 nitrogen and oxygen atoms in total. The number of nitrogens with one attached hydrogen (secondary N) is 1. The van der Waals surface area contributed by atoms with E-state index in [0.717, 1.165) is 0 Å². The molecule has 1 aromatic carbocycles. The van der Waals surface area contributed by atoms with Crippen LogP contribution in [-0.4, -0.2) is 22.1 Å². The largest absolute Gasteiger partial charge is 0.479 e. The molecule has 0 saturated carbocycles. The summed E-state index contributed by atoms with van der Waals surface area (Å²) in [6, 6.07) is 8.88. The lowest BCUT2D eigenvalue weighted by Gasteiger charge is -2.14. The molecule has 0 radical (unpaired) electrons. The van der Waals surface area contributed by atoms with Gasteiger partial charge in [-0.3, -0.25) is 4.79 Å². The summed E-state index contributed by atoms with van der Waals surface area (Å²) in [6.07, 6.45) is 0. The van der Waals surface area contributed by atoms with Gasteiger partial charge in [-0.05, 0) is 5.56 Å². The second-order valence-electron chi connectivity index (χ2n) is 5.98. The minimum Gasteiger partial charge on any atom is -0.479 e. The van der Waals surface area contributed by atoms with E-state index in [-0.39, 0.29) is 11.1 Å². The lowest BCUT2D eigenvalue weighted by atomic mass is 9.93. The second-order valence-corrected chi connectivity index (χ2v) is 5.98. The Morgan fingerprint density at radius 3 is 2.36 bits per heavy atom. The van der Waals surface area contributed by atoms with Crippen LogP contribution in [0.1, 0.15) is 48.6 Å². The van der Waals surface area contributed by atoms with Gasteiger partial charge in [-0.2, -0.15) is 0 Å². The van der Waals surface area contributed by atoms with Crippen LogP contribution < -0.4 is 5.32 Å². The molecule has 0 bridgehead atoms. The predicted octanol–water partition coefficient (Wildman–Crippen LogP) is 2.53. The van der Waals surface area contributed by atoms with E-state index in [1.807, 2.05) is 20.8 Å². The van der Waals surface area contributed by atoms with Gasteiger partial charge < -0.3 is 14.9 Å². The first-order valence-corrected chi connectivity index (χ1v) is 6.85. The molecular formula is C16H18N2O4. The van der Waals surface area contributed by atoms with Gasteiger partial charge in [0.05, 0.1) is 0 Å². The average Bonchev–Trinajstić information content (AvgIpc) is 2.95. The van der Waals surface area contributed by atoms with E-state index in [1.165, 1.54) is 6.07 Å². The first kappa shape index (κ1) is 15.8. The van der Waals surface area contributed by atoms with Crippen molar-refractivity contribution in [2.75, 3.05) is 0 Å². The normalized spacial score (nSPS) is 12.7. The molecular weight excluding hydrogens is 284 g/mol. The quantitative estimate of drug-likeness (QED) is 0.905. The Labute approximate surface area is 128 Å². The Balaban J connectivity index is 2.19. The highest BCUT2D eigenvalue weighted by atomic mass is 16.5. The summed E-state index contributed by atoms with van der Waals surface area (Å²) in [5, 5.41) is 15.5. The van der Waals surface area contributed by atoms with Crippen molar-refractivity contribution >= 4 is 11.9 Å². The Kier molecular flexibility index (Phi) is 4.30. The maximum atomic E-state index is 12.2. The first-order chi connectivity index (χ1) is 10.3. The maximum Gasteiger partial charge on any atom is 0.330 e. The molecule has 1 heterocycles. The van der Waals surface area contributed by atoms with Crippen molar-refractivity contribution in [1.82, 2.24) is 10.5 Å². The fraction of sp³-hybridized carbons (Fsp3) is 0.312. The highest BCUT2D eigenvalue weighted by Gasteiger charge is 2.26. The Hall–Kier alpha value is -2.63. The lowest BCUT2D eigenvalue weighted by molar-refractivity contribution is -0.139. The fourth-order valence-corrected chi connectivity index (χ4v) is 1.87. The molecule has 6 heteroatoms. The van der Waals surface area contributed by atoms with E-state index < -0.39 is 17.9 Å². The van der Waals surface area contributed by atoms with Gasteiger partial charge in [-0.15, -0.1) is 0 Å². The topological polar surface area (TPSA) is 92.4 Å². The van der Waals surface area contributed by atoms with Crippen molar-refractivity contribution in [2.24, 2.45) is 0 Å². The maximum absolute atomic E-state index is 12.2. The van der Waals surface area contributed by atoms with Crippen molar-refractivity contribution in [3.63, 3.8) is 0 Å². The number of amides is 1. The summed E-state index contributed by atoms with van der Waals surface area (Å²) in [5.41, 5.74) is 0.270. The molecule has 1 amide bonds. The monoisotopic (exact) mass is 302 g/mol. The van der Waals surface area contributed by atoms with Gasteiger partial charge >= 0.3 is 5.97 Å². The highest BCUT2D eigenvalue weighted by Crippen LogP contribution is 2.23. The average molecular weight is 302 g/mol. The molecule has 2 rings (SSSR count). The highest BCUT2D eigenvalue weighted by molar-refractivity contribution is 5.95. The number of rotatable bonds is 4. The van der Waals surface area contributed by atoms with E-state index in [4.69, 9.17) is 4.52 Å². The van der Waals surface area contributed by atoms with Crippen molar-refractivity contribution < 1.29 is 19.2 Å². The van der Waals surface area contributed by atoms with Crippen LogP contribution in [0, 0.1) is 0 Å². The molecule has 0 unspecified atom stereocenters. The van der Waals surface area contributed by atoms with Crippen molar-refractivity contribution in [1.29, 1.82) is 0 Å². The minimum absolute atomic E-state index is 0.0621. The number of nitrogens with zero attached hydrogens (tertiary/aromatic N) is 1. The Morgan fingerprint density at radius 1 is 1.23 bits per heavy atom. The number of carboxylic acids is 1. The zero-order valence-electron chi connectivity index (χ0n) is 12.7. The second kappa shape index (κ2) is 6.01. The summed E-state index contributed by atoms with van der Waals surface area (Å²) in [5.74, 6) is -1.17. The molecule has 22 heavy (non-hydrogen) atoms. The van der Waals surface area contributed by atoms with Crippen molar-refractivity contribution in [3.8, 4) is 0 Å². The van der Waals surface area contributed by atoms with Gasteiger partial charge in [0.2, 0.25) is 0 Å². The molecule has 0 aliphatic rings. The van der Waals surface area contributed by atoms with Crippen LogP contribution in [0.3, 0.4) is 0 Å². The number of aliphatic carboxylic acids is 1. The molecule has 116 valence electrons. The zero-order valence-corrected chi connectivity index (χ0v) is 12.7. The summed E-state index contributed by atoms with van der Waals surface area (Å²) in [6.45, 7) is 5.79. The SMILES string of the molecule is CC(C)(C)c1cc(C(=O)N[C@H](C(=O)O)c2ccccc2)no1. The van der Waals surface area contributed by atoms with Crippen LogP contribution in [0.2, 0.25) is 0 Å². The third-order valence-corrected chi connectivity index (χ3v) is 3.14. The smallest absolute Gasteiger partial charge is 0.330 e. The molecule has 0 aliphatic carbocycles. The van der Waals surface area contributed by atoms with E-state index in [0.29, 0.717) is 11.3 Å². The van der Waals surface area contributed by atoms with Crippen LogP contribution in [-0.2, 0) is 10.2 Å². The molecule has 0 spiro atoms. The summed E-state index contributed by atoms with van der Waals surface area (Å²) < 4.78 is 5.14. The molecule has 2 aromatic rings. The van der Waals surface area contributed by atoms with Gasteiger partial charge in [-0.25, -0.2) is 4.79 Å². The van der Waals surface area contributed by atoms with Crippen LogP contribution in [0.5, 0.6) is 0 Å². The predicted molar refractivity (Wildman–Crippen MR) is 79.5 cm³/mol. The standard InChI is InChI=1S/C16H18N2O4/c1-16(2,3)12-9-11(18-22-12)14(19)17-13(15(20)21)10-7-5-4-6-8-10/h4-9,13H,1-3H3,(H,17,19)(H,20,21)/t13-/m0/s1. The number of hydrogen-bond acceptors (Lipinski definition) is 4. The van der Waals surface area contributed by atoms with E-state index in [1.54, 1.807) is 30.3 Å². The number of aromatic nitrogens is 1. The zero-order chi connectivity index (χ0) is 16.3. The van der Waals surface area contributed by atoms with Crippen LogP contribution in [0.4, 0.5) is 0 Å².